The maximum Gasteiger partial charge on any atom is 0.205 e. The smallest absolute Gasteiger partial charge is 0.205 e. The number of nitrogens with zero attached hydrogens (tertiary/aromatic N) is 6. The summed E-state index contributed by atoms with van der Waals surface area (Å²) in [5, 5.41) is 4.50. The van der Waals surface area contributed by atoms with Gasteiger partial charge in [0.15, 0.2) is 5.96 Å². The SMILES string of the molecule is CCc1nsc(N2CCN(C(=NC)NCCN(C)CCOC)CC2)n1. The van der Waals surface area contributed by atoms with Crippen LogP contribution < -0.4 is 10.2 Å². The fraction of sp³-hybridized carbons (Fsp3) is 0.812. The lowest BCUT2D eigenvalue weighted by molar-refractivity contribution is 0.162. The normalized spacial score (nSPS) is 16.0. The summed E-state index contributed by atoms with van der Waals surface area (Å²) in [6.45, 7) is 9.43. The zero-order chi connectivity index (χ0) is 18.1. The Bertz CT molecular complexity index is 528. The van der Waals surface area contributed by atoms with Crippen LogP contribution in [0, 0.1) is 0 Å². The third kappa shape index (κ3) is 6.09. The predicted molar refractivity (Wildman–Crippen MR) is 104 cm³/mol. The summed E-state index contributed by atoms with van der Waals surface area (Å²) in [5.74, 6) is 1.92. The third-order valence-corrected chi connectivity index (χ3v) is 5.10. The Labute approximate surface area is 155 Å². The molecule has 1 saturated heterocycles. The van der Waals surface area contributed by atoms with E-state index in [1.54, 1.807) is 7.11 Å². The van der Waals surface area contributed by atoms with Crippen molar-refractivity contribution in [2.24, 2.45) is 4.99 Å². The Kier molecular flexibility index (Phi) is 8.36. The molecule has 2 rings (SSSR count). The van der Waals surface area contributed by atoms with Crippen molar-refractivity contribution in [1.82, 2.24) is 24.5 Å². The summed E-state index contributed by atoms with van der Waals surface area (Å²) in [6, 6.07) is 0. The van der Waals surface area contributed by atoms with Gasteiger partial charge in [0.1, 0.15) is 5.82 Å². The van der Waals surface area contributed by atoms with Gasteiger partial charge in [-0.15, -0.1) is 0 Å². The number of ether oxygens (including phenoxy) is 1. The van der Waals surface area contributed by atoms with Gasteiger partial charge in [-0.1, -0.05) is 6.92 Å². The van der Waals surface area contributed by atoms with Crippen LogP contribution >= 0.6 is 11.5 Å². The maximum atomic E-state index is 5.10. The monoisotopic (exact) mass is 369 g/mol. The molecule has 0 amide bonds. The van der Waals surface area contributed by atoms with E-state index in [9.17, 15) is 0 Å². The average Bonchev–Trinajstić information content (AvgIpc) is 3.13. The van der Waals surface area contributed by atoms with Crippen LogP contribution in [0.3, 0.4) is 0 Å². The van der Waals surface area contributed by atoms with Crippen molar-refractivity contribution < 1.29 is 4.74 Å². The summed E-state index contributed by atoms with van der Waals surface area (Å²) in [5.41, 5.74) is 0. The quantitative estimate of drug-likeness (QED) is 0.525. The van der Waals surface area contributed by atoms with Gasteiger partial charge in [0, 0.05) is 77.9 Å². The predicted octanol–water partition coefficient (Wildman–Crippen LogP) is 0.376. The van der Waals surface area contributed by atoms with E-state index in [0.717, 1.165) is 75.8 Å². The number of aromatic nitrogens is 2. The van der Waals surface area contributed by atoms with Gasteiger partial charge in [-0.05, 0) is 7.05 Å². The van der Waals surface area contributed by atoms with Crippen LogP contribution in [0.2, 0.25) is 0 Å². The molecule has 9 heteroatoms. The van der Waals surface area contributed by atoms with E-state index in [0.29, 0.717) is 0 Å². The van der Waals surface area contributed by atoms with Crippen LogP contribution in [0.5, 0.6) is 0 Å². The van der Waals surface area contributed by atoms with Crippen molar-refractivity contribution >= 4 is 22.6 Å². The van der Waals surface area contributed by atoms with Gasteiger partial charge in [-0.3, -0.25) is 4.99 Å². The largest absolute Gasteiger partial charge is 0.383 e. The van der Waals surface area contributed by atoms with Crippen LogP contribution in [0.4, 0.5) is 5.13 Å². The number of hydrogen-bond donors (Lipinski definition) is 1. The van der Waals surface area contributed by atoms with E-state index in [-0.39, 0.29) is 0 Å². The second-order valence-corrected chi connectivity index (χ2v) is 6.82. The minimum atomic E-state index is 0.762. The van der Waals surface area contributed by atoms with Crippen molar-refractivity contribution in [3.05, 3.63) is 5.82 Å². The van der Waals surface area contributed by atoms with Gasteiger partial charge in [0.25, 0.3) is 0 Å². The summed E-state index contributed by atoms with van der Waals surface area (Å²) < 4.78 is 9.49. The summed E-state index contributed by atoms with van der Waals surface area (Å²) >= 11 is 1.50. The standard InChI is InChI=1S/C16H31N7OS/c1-5-14-19-16(25-20-14)23-10-8-22(9-11-23)15(17-2)18-6-7-21(3)12-13-24-4/h5-13H2,1-4H3,(H,17,18). The molecule has 0 spiro atoms. The number of piperazine rings is 1. The van der Waals surface area contributed by atoms with Gasteiger partial charge in [-0.2, -0.15) is 4.37 Å². The van der Waals surface area contributed by atoms with E-state index in [1.165, 1.54) is 11.5 Å². The molecular weight excluding hydrogens is 338 g/mol. The zero-order valence-electron chi connectivity index (χ0n) is 15.9. The van der Waals surface area contributed by atoms with Crippen molar-refractivity contribution in [2.75, 3.05) is 78.5 Å². The lowest BCUT2D eigenvalue weighted by Gasteiger charge is -2.36. The van der Waals surface area contributed by atoms with Gasteiger partial charge in [-0.25, -0.2) is 4.98 Å². The molecule has 1 N–H and O–H groups in total. The van der Waals surface area contributed by atoms with Crippen LogP contribution in [0.1, 0.15) is 12.7 Å². The van der Waals surface area contributed by atoms with Crippen molar-refractivity contribution in [3.8, 4) is 0 Å². The Morgan fingerprint density at radius 3 is 2.68 bits per heavy atom. The van der Waals surface area contributed by atoms with Crippen LogP contribution in [0.25, 0.3) is 0 Å². The second-order valence-electron chi connectivity index (χ2n) is 6.09. The molecule has 2 heterocycles. The van der Waals surface area contributed by atoms with E-state index in [1.807, 2.05) is 7.05 Å². The molecule has 0 radical (unpaired) electrons. The number of guanidine groups is 1. The minimum absolute atomic E-state index is 0.762. The number of anilines is 1. The molecule has 0 unspecified atom stereocenters. The summed E-state index contributed by atoms with van der Waals surface area (Å²) in [6.07, 6.45) is 0.895. The summed E-state index contributed by atoms with van der Waals surface area (Å²) in [4.78, 5) is 15.9. The number of aryl methyl sites for hydroxylation is 1. The Hall–Kier alpha value is -1.45. The lowest BCUT2D eigenvalue weighted by atomic mass is 10.3. The maximum absolute atomic E-state index is 5.10. The summed E-state index contributed by atoms with van der Waals surface area (Å²) in [7, 11) is 5.69. The molecular formula is C16H31N7OS. The number of rotatable bonds is 8. The van der Waals surface area contributed by atoms with Gasteiger partial charge in [0.05, 0.1) is 6.61 Å². The number of nitrogens with one attached hydrogen (secondary N) is 1. The molecule has 8 nitrogen and oxygen atoms in total. The molecule has 0 bridgehead atoms. The first kappa shape index (κ1) is 19.9. The van der Waals surface area contributed by atoms with Crippen LogP contribution in [-0.2, 0) is 11.2 Å². The molecule has 0 aliphatic carbocycles. The van der Waals surface area contributed by atoms with Gasteiger partial charge in [0.2, 0.25) is 5.13 Å². The molecule has 0 saturated carbocycles. The first-order valence-electron chi connectivity index (χ1n) is 8.88. The number of hydrogen-bond acceptors (Lipinski definition) is 7. The topological polar surface area (TPSA) is 69.1 Å². The van der Waals surface area contributed by atoms with E-state index in [2.05, 4.69) is 48.3 Å². The van der Waals surface area contributed by atoms with Crippen molar-refractivity contribution in [1.29, 1.82) is 0 Å². The Morgan fingerprint density at radius 2 is 2.08 bits per heavy atom. The van der Waals surface area contributed by atoms with Crippen molar-refractivity contribution in [2.45, 2.75) is 13.3 Å². The molecule has 1 aromatic rings. The Morgan fingerprint density at radius 1 is 1.32 bits per heavy atom. The molecule has 1 aliphatic heterocycles. The fourth-order valence-corrected chi connectivity index (χ4v) is 3.48. The molecule has 1 aliphatic rings. The highest BCUT2D eigenvalue weighted by Gasteiger charge is 2.21. The zero-order valence-corrected chi connectivity index (χ0v) is 16.7. The lowest BCUT2D eigenvalue weighted by Crippen LogP contribution is -2.53. The van der Waals surface area contributed by atoms with Crippen LogP contribution in [0.15, 0.2) is 4.99 Å². The van der Waals surface area contributed by atoms with E-state index >= 15 is 0 Å². The highest BCUT2D eigenvalue weighted by Crippen LogP contribution is 2.19. The first-order chi connectivity index (χ1) is 12.2. The first-order valence-corrected chi connectivity index (χ1v) is 9.65. The van der Waals surface area contributed by atoms with Gasteiger partial charge < -0.3 is 24.8 Å². The Balaban J connectivity index is 1.74. The molecule has 1 aromatic heterocycles. The molecule has 25 heavy (non-hydrogen) atoms. The fourth-order valence-electron chi connectivity index (χ4n) is 2.68. The number of methoxy groups -OCH3 is 1. The third-order valence-electron chi connectivity index (χ3n) is 4.29. The molecule has 0 aromatic carbocycles. The average molecular weight is 370 g/mol. The highest BCUT2D eigenvalue weighted by molar-refractivity contribution is 7.09. The van der Waals surface area contributed by atoms with Crippen molar-refractivity contribution in [3.63, 3.8) is 0 Å². The molecule has 142 valence electrons. The number of aliphatic imine (C=N–C) groups is 1. The number of likely N-dealkylation sites (N-methyl/N-ethyl adjacent to an activating group) is 1. The molecule has 0 atom stereocenters. The van der Waals surface area contributed by atoms with Crippen LogP contribution in [-0.4, -0.2) is 98.7 Å². The minimum Gasteiger partial charge on any atom is -0.383 e. The van der Waals surface area contributed by atoms with E-state index < -0.39 is 0 Å². The van der Waals surface area contributed by atoms with E-state index in [4.69, 9.17) is 4.74 Å². The highest BCUT2D eigenvalue weighted by atomic mass is 32.1. The van der Waals surface area contributed by atoms with Gasteiger partial charge >= 0.3 is 0 Å². The second kappa shape index (κ2) is 10.5. The molecule has 1 fully saturated rings.